The van der Waals surface area contributed by atoms with Gasteiger partial charge in [-0.15, -0.1) is 0 Å². The molecule has 0 aromatic rings. The predicted octanol–water partition coefficient (Wildman–Crippen LogP) is 0.929. The van der Waals surface area contributed by atoms with Crippen LogP contribution in [0.3, 0.4) is 0 Å². The summed E-state index contributed by atoms with van der Waals surface area (Å²) in [5, 5.41) is 9.54. The first-order valence-corrected chi connectivity index (χ1v) is 6.47. The highest BCUT2D eigenvalue weighted by Crippen LogP contribution is 2.11. The number of aliphatic hydroxyl groups excluding tert-OH is 1. The van der Waals surface area contributed by atoms with E-state index in [0.29, 0.717) is 0 Å². The average molecular weight is 212 g/mol. The van der Waals surface area contributed by atoms with Gasteiger partial charge in [-0.25, -0.2) is 0 Å². The van der Waals surface area contributed by atoms with Gasteiger partial charge < -0.3 is 14.9 Å². The first kappa shape index (κ1) is 11.4. The Morgan fingerprint density at radius 2 is 1.60 bits per heavy atom. The van der Waals surface area contributed by atoms with Crippen LogP contribution >= 0.6 is 0 Å². The minimum atomic E-state index is -0.0643. The van der Waals surface area contributed by atoms with E-state index < -0.39 is 0 Å². The van der Waals surface area contributed by atoms with Crippen LogP contribution in [-0.2, 0) is 0 Å². The minimum absolute atomic E-state index is 0.0643. The van der Waals surface area contributed by atoms with Crippen molar-refractivity contribution in [3.8, 4) is 0 Å². The van der Waals surface area contributed by atoms with Crippen LogP contribution in [0.25, 0.3) is 0 Å². The second kappa shape index (κ2) is 5.83. The van der Waals surface area contributed by atoms with E-state index in [0.717, 1.165) is 13.0 Å². The molecule has 15 heavy (non-hydrogen) atoms. The summed E-state index contributed by atoms with van der Waals surface area (Å²) < 4.78 is 0. The maximum Gasteiger partial charge on any atom is 0.0667 e. The first-order valence-electron chi connectivity index (χ1n) is 6.47. The quantitative estimate of drug-likeness (QED) is 0.751. The lowest BCUT2D eigenvalue weighted by Crippen LogP contribution is -2.39. The van der Waals surface area contributed by atoms with E-state index >= 15 is 0 Å². The van der Waals surface area contributed by atoms with E-state index in [4.69, 9.17) is 0 Å². The lowest BCUT2D eigenvalue weighted by atomic mass is 10.1. The number of nitrogens with zero attached hydrogens (tertiary/aromatic N) is 2. The summed E-state index contributed by atoms with van der Waals surface area (Å²) in [7, 11) is 0. The Balaban J connectivity index is 1.56. The molecule has 2 saturated heterocycles. The van der Waals surface area contributed by atoms with E-state index in [1.54, 1.807) is 0 Å². The molecule has 0 spiro atoms. The van der Waals surface area contributed by atoms with E-state index in [-0.39, 0.29) is 6.10 Å². The average Bonchev–Trinajstić information content (AvgIpc) is 2.71. The third kappa shape index (κ3) is 3.74. The van der Waals surface area contributed by atoms with E-state index in [2.05, 4.69) is 9.80 Å². The Labute approximate surface area is 93.1 Å². The standard InChI is InChI=1S/C12H24N2O/c15-12-5-3-8-14(11-12)10-4-9-13-6-1-2-7-13/h12,15H,1-11H2. The zero-order chi connectivity index (χ0) is 10.5. The third-order valence-electron chi connectivity index (χ3n) is 3.63. The third-order valence-corrected chi connectivity index (χ3v) is 3.63. The highest BCUT2D eigenvalue weighted by Gasteiger charge is 2.17. The fourth-order valence-corrected chi connectivity index (χ4v) is 2.76. The fourth-order valence-electron chi connectivity index (χ4n) is 2.76. The molecular weight excluding hydrogens is 188 g/mol. The van der Waals surface area contributed by atoms with Gasteiger partial charge in [0.15, 0.2) is 0 Å². The van der Waals surface area contributed by atoms with Crippen LogP contribution in [0.15, 0.2) is 0 Å². The number of hydrogen-bond acceptors (Lipinski definition) is 3. The monoisotopic (exact) mass is 212 g/mol. The summed E-state index contributed by atoms with van der Waals surface area (Å²) in [6.07, 6.45) is 6.16. The zero-order valence-corrected chi connectivity index (χ0v) is 9.70. The van der Waals surface area contributed by atoms with Crippen LogP contribution in [-0.4, -0.2) is 60.3 Å². The summed E-state index contributed by atoms with van der Waals surface area (Å²) in [4.78, 5) is 4.99. The van der Waals surface area contributed by atoms with Gasteiger partial charge in [-0.05, 0) is 64.8 Å². The van der Waals surface area contributed by atoms with Crippen molar-refractivity contribution < 1.29 is 5.11 Å². The molecule has 0 aromatic heterocycles. The largest absolute Gasteiger partial charge is 0.392 e. The Morgan fingerprint density at radius 3 is 2.33 bits per heavy atom. The molecule has 1 unspecified atom stereocenters. The maximum atomic E-state index is 9.54. The summed E-state index contributed by atoms with van der Waals surface area (Å²) in [5.41, 5.74) is 0. The van der Waals surface area contributed by atoms with Crippen LogP contribution in [0.5, 0.6) is 0 Å². The first-order chi connectivity index (χ1) is 7.34. The Bertz CT molecular complexity index is 180. The van der Waals surface area contributed by atoms with Gasteiger partial charge in [0.1, 0.15) is 0 Å². The number of piperidine rings is 1. The van der Waals surface area contributed by atoms with Crippen LogP contribution in [0.1, 0.15) is 32.1 Å². The summed E-state index contributed by atoms with van der Waals surface area (Å²) in [6.45, 7) is 7.14. The molecule has 0 aliphatic carbocycles. The second-order valence-electron chi connectivity index (χ2n) is 5.00. The van der Waals surface area contributed by atoms with Gasteiger partial charge in [0.05, 0.1) is 6.10 Å². The molecule has 2 aliphatic rings. The molecule has 2 fully saturated rings. The van der Waals surface area contributed by atoms with Crippen molar-refractivity contribution in [3.05, 3.63) is 0 Å². The SMILES string of the molecule is OC1CCCN(CCCN2CCCC2)C1. The van der Waals surface area contributed by atoms with E-state index in [1.165, 1.54) is 58.4 Å². The van der Waals surface area contributed by atoms with Crippen molar-refractivity contribution in [1.82, 2.24) is 9.80 Å². The van der Waals surface area contributed by atoms with Crippen molar-refractivity contribution in [2.24, 2.45) is 0 Å². The number of aliphatic hydroxyl groups is 1. The van der Waals surface area contributed by atoms with Gasteiger partial charge in [0.25, 0.3) is 0 Å². The van der Waals surface area contributed by atoms with E-state index in [9.17, 15) is 5.11 Å². The molecule has 0 bridgehead atoms. The number of β-amino-alcohol motifs (C(OH)–C–C–N with tert-alkyl or cyclic N) is 1. The molecule has 2 heterocycles. The van der Waals surface area contributed by atoms with Gasteiger partial charge in [0, 0.05) is 6.54 Å². The van der Waals surface area contributed by atoms with Crippen molar-refractivity contribution in [3.63, 3.8) is 0 Å². The molecule has 2 aliphatic heterocycles. The fraction of sp³-hybridized carbons (Fsp3) is 1.00. The maximum absolute atomic E-state index is 9.54. The normalized spacial score (nSPS) is 29.8. The second-order valence-corrected chi connectivity index (χ2v) is 5.00. The van der Waals surface area contributed by atoms with Gasteiger partial charge >= 0.3 is 0 Å². The molecule has 3 heteroatoms. The highest BCUT2D eigenvalue weighted by molar-refractivity contribution is 4.73. The zero-order valence-electron chi connectivity index (χ0n) is 9.70. The molecule has 1 atom stereocenters. The molecule has 0 amide bonds. The smallest absolute Gasteiger partial charge is 0.0667 e. The molecule has 2 rings (SSSR count). The summed E-state index contributed by atoms with van der Waals surface area (Å²) in [5.74, 6) is 0. The Morgan fingerprint density at radius 1 is 0.933 bits per heavy atom. The van der Waals surface area contributed by atoms with Gasteiger partial charge in [0.2, 0.25) is 0 Å². The lowest BCUT2D eigenvalue weighted by Gasteiger charge is -2.30. The summed E-state index contributed by atoms with van der Waals surface area (Å²) in [6, 6.07) is 0. The number of likely N-dealkylation sites (tertiary alicyclic amines) is 2. The van der Waals surface area contributed by atoms with Crippen molar-refractivity contribution in [1.29, 1.82) is 0 Å². The van der Waals surface area contributed by atoms with Crippen molar-refractivity contribution in [2.75, 3.05) is 39.3 Å². The lowest BCUT2D eigenvalue weighted by molar-refractivity contribution is 0.0687. The van der Waals surface area contributed by atoms with Crippen LogP contribution in [0.2, 0.25) is 0 Å². The van der Waals surface area contributed by atoms with Crippen molar-refractivity contribution >= 4 is 0 Å². The topological polar surface area (TPSA) is 26.7 Å². The molecule has 0 aromatic carbocycles. The highest BCUT2D eigenvalue weighted by atomic mass is 16.3. The van der Waals surface area contributed by atoms with Crippen LogP contribution < -0.4 is 0 Å². The molecule has 3 nitrogen and oxygen atoms in total. The van der Waals surface area contributed by atoms with Gasteiger partial charge in [-0.2, -0.15) is 0 Å². The van der Waals surface area contributed by atoms with Crippen LogP contribution in [0, 0.1) is 0 Å². The molecule has 1 N–H and O–H groups in total. The van der Waals surface area contributed by atoms with E-state index in [1.807, 2.05) is 0 Å². The van der Waals surface area contributed by atoms with Crippen LogP contribution in [0.4, 0.5) is 0 Å². The molecular formula is C12H24N2O. The minimum Gasteiger partial charge on any atom is -0.392 e. The molecule has 0 saturated carbocycles. The van der Waals surface area contributed by atoms with Gasteiger partial charge in [-0.3, -0.25) is 0 Å². The molecule has 88 valence electrons. The van der Waals surface area contributed by atoms with Crippen molar-refractivity contribution in [2.45, 2.75) is 38.2 Å². The predicted molar refractivity (Wildman–Crippen MR) is 62.0 cm³/mol. The van der Waals surface area contributed by atoms with Gasteiger partial charge in [-0.1, -0.05) is 0 Å². The number of hydrogen-bond donors (Lipinski definition) is 1. The summed E-state index contributed by atoms with van der Waals surface area (Å²) >= 11 is 0. The number of rotatable bonds is 4. The molecule has 0 radical (unpaired) electrons. The Kier molecular flexibility index (Phi) is 4.42. The Hall–Kier alpha value is -0.120.